The van der Waals surface area contributed by atoms with Crippen LogP contribution in [0.25, 0.3) is 21.2 Å². The van der Waals surface area contributed by atoms with Gasteiger partial charge >= 0.3 is 5.97 Å². The van der Waals surface area contributed by atoms with Crippen LogP contribution in [0.2, 0.25) is 0 Å². The number of fused-ring (bicyclic) bond motifs is 1. The highest BCUT2D eigenvalue weighted by atomic mass is 32.1. The van der Waals surface area contributed by atoms with E-state index in [-0.39, 0.29) is 0 Å². The first kappa shape index (κ1) is 12.7. The number of nitrogen functional groups attached to an aromatic ring is 1. The number of hydrogen-bond acceptors (Lipinski definition) is 4. The molecule has 3 rings (SSSR count). The van der Waals surface area contributed by atoms with Crippen LogP contribution in [0.15, 0.2) is 47.8 Å². The molecule has 0 fully saturated rings. The molecule has 0 bridgehead atoms. The van der Waals surface area contributed by atoms with E-state index in [9.17, 15) is 4.79 Å². The topological polar surface area (TPSA) is 52.3 Å². The zero-order valence-corrected chi connectivity index (χ0v) is 11.7. The van der Waals surface area contributed by atoms with Crippen molar-refractivity contribution in [1.82, 2.24) is 0 Å². The number of carbonyl (C=O) groups is 1. The highest BCUT2D eigenvalue weighted by Gasteiger charge is 2.20. The predicted octanol–water partition coefficient (Wildman–Crippen LogP) is 3.94. The Morgan fingerprint density at radius 1 is 1.20 bits per heavy atom. The van der Waals surface area contributed by atoms with Crippen molar-refractivity contribution in [3.8, 4) is 10.4 Å². The van der Waals surface area contributed by atoms with E-state index in [1.165, 1.54) is 7.11 Å². The molecular weight excluding hydrogens is 270 g/mol. The number of hydrogen-bond donors (Lipinski definition) is 1. The molecule has 0 spiro atoms. The molecule has 2 N–H and O–H groups in total. The largest absolute Gasteiger partial charge is 0.465 e. The molecule has 20 heavy (non-hydrogen) atoms. The molecule has 0 saturated heterocycles. The van der Waals surface area contributed by atoms with Gasteiger partial charge in [-0.25, -0.2) is 4.79 Å². The number of benzene rings is 2. The zero-order chi connectivity index (χ0) is 14.1. The Balaban J connectivity index is 2.40. The highest BCUT2D eigenvalue weighted by Crippen LogP contribution is 2.36. The summed E-state index contributed by atoms with van der Waals surface area (Å²) in [7, 11) is 1.37. The lowest BCUT2D eigenvalue weighted by Gasteiger charge is -2.12. The molecule has 0 aliphatic carbocycles. The summed E-state index contributed by atoms with van der Waals surface area (Å²) in [6, 6.07) is 13.7. The van der Waals surface area contributed by atoms with Gasteiger partial charge in [0.25, 0.3) is 0 Å². The Morgan fingerprint density at radius 3 is 2.70 bits per heavy atom. The Bertz CT molecular complexity index is 779. The van der Waals surface area contributed by atoms with Crippen LogP contribution >= 0.6 is 11.3 Å². The van der Waals surface area contributed by atoms with E-state index >= 15 is 0 Å². The number of anilines is 1. The zero-order valence-electron chi connectivity index (χ0n) is 10.9. The number of esters is 1. The Kier molecular flexibility index (Phi) is 3.16. The third kappa shape index (κ3) is 1.94. The first-order valence-corrected chi connectivity index (χ1v) is 7.03. The molecule has 0 saturated carbocycles. The maximum atomic E-state index is 12.1. The number of thiophene rings is 1. The van der Waals surface area contributed by atoms with Crippen LogP contribution in [0.1, 0.15) is 10.4 Å². The number of carbonyl (C=O) groups excluding carboxylic acids is 1. The lowest BCUT2D eigenvalue weighted by molar-refractivity contribution is 0.0603. The predicted molar refractivity (Wildman–Crippen MR) is 83.0 cm³/mol. The van der Waals surface area contributed by atoms with Crippen molar-refractivity contribution in [2.45, 2.75) is 0 Å². The first-order chi connectivity index (χ1) is 9.72. The molecule has 0 amide bonds. The minimum absolute atomic E-state index is 0.406. The summed E-state index contributed by atoms with van der Waals surface area (Å²) in [6.07, 6.45) is 0. The third-order valence-electron chi connectivity index (χ3n) is 3.27. The summed E-state index contributed by atoms with van der Waals surface area (Å²) in [5, 5.41) is 3.86. The van der Waals surface area contributed by atoms with Crippen molar-refractivity contribution in [2.75, 3.05) is 12.8 Å². The van der Waals surface area contributed by atoms with Crippen LogP contribution < -0.4 is 5.73 Å². The molecule has 3 aromatic rings. The average Bonchev–Trinajstić information content (AvgIpc) is 3.00. The lowest BCUT2D eigenvalue weighted by Crippen LogP contribution is -2.08. The summed E-state index contributed by atoms with van der Waals surface area (Å²) in [4.78, 5) is 13.1. The second-order valence-corrected chi connectivity index (χ2v) is 5.35. The van der Waals surface area contributed by atoms with E-state index < -0.39 is 5.97 Å². The van der Waals surface area contributed by atoms with E-state index in [0.717, 1.165) is 21.2 Å². The van der Waals surface area contributed by atoms with Gasteiger partial charge in [0.05, 0.1) is 18.4 Å². The summed E-state index contributed by atoms with van der Waals surface area (Å²) in [6.45, 7) is 0. The number of ether oxygens (including phenoxy) is 1. The maximum absolute atomic E-state index is 12.1. The standard InChI is InChI=1S/C16H13NO2S/c1-19-16(18)14-12(13-7-4-8-20-13)9-10-5-2-3-6-11(10)15(14)17/h2-9H,17H2,1H3. The average molecular weight is 283 g/mol. The molecule has 100 valence electrons. The smallest absolute Gasteiger partial charge is 0.340 e. The van der Waals surface area contributed by atoms with Gasteiger partial charge in [-0.2, -0.15) is 0 Å². The number of nitrogens with two attached hydrogens (primary N) is 1. The van der Waals surface area contributed by atoms with Crippen LogP contribution in [0.5, 0.6) is 0 Å². The van der Waals surface area contributed by atoms with Gasteiger partial charge in [0.1, 0.15) is 0 Å². The molecule has 1 aromatic heterocycles. The molecule has 3 nitrogen and oxygen atoms in total. The summed E-state index contributed by atoms with van der Waals surface area (Å²) < 4.78 is 4.89. The van der Waals surface area contributed by atoms with Gasteiger partial charge in [-0.1, -0.05) is 30.3 Å². The van der Waals surface area contributed by atoms with Gasteiger partial charge in [0.15, 0.2) is 0 Å². The minimum Gasteiger partial charge on any atom is -0.465 e. The SMILES string of the molecule is COC(=O)c1c(-c2cccs2)cc2ccccc2c1N. The Labute approximate surface area is 120 Å². The van der Waals surface area contributed by atoms with E-state index in [4.69, 9.17) is 10.5 Å². The Hall–Kier alpha value is -2.33. The fraction of sp³-hybridized carbons (Fsp3) is 0.0625. The van der Waals surface area contributed by atoms with Crippen LogP contribution in [0.3, 0.4) is 0 Å². The molecule has 4 heteroatoms. The fourth-order valence-electron chi connectivity index (χ4n) is 2.32. The lowest BCUT2D eigenvalue weighted by atomic mass is 9.97. The summed E-state index contributed by atoms with van der Waals surface area (Å²) in [5.41, 5.74) is 7.94. The summed E-state index contributed by atoms with van der Waals surface area (Å²) >= 11 is 1.57. The quantitative estimate of drug-likeness (QED) is 0.572. The maximum Gasteiger partial charge on any atom is 0.340 e. The molecule has 0 aliphatic heterocycles. The monoisotopic (exact) mass is 283 g/mol. The molecule has 0 radical (unpaired) electrons. The van der Waals surface area contributed by atoms with Crippen LogP contribution in [-0.4, -0.2) is 13.1 Å². The number of methoxy groups -OCH3 is 1. The molecule has 0 atom stereocenters. The van der Waals surface area contributed by atoms with Gasteiger partial charge in [-0.05, 0) is 22.9 Å². The first-order valence-electron chi connectivity index (χ1n) is 6.16. The van der Waals surface area contributed by atoms with Gasteiger partial charge in [0.2, 0.25) is 0 Å². The van der Waals surface area contributed by atoms with E-state index in [0.29, 0.717) is 11.3 Å². The van der Waals surface area contributed by atoms with Crippen LogP contribution in [0.4, 0.5) is 5.69 Å². The second-order valence-electron chi connectivity index (χ2n) is 4.40. The van der Waals surface area contributed by atoms with E-state index in [2.05, 4.69) is 0 Å². The van der Waals surface area contributed by atoms with Crippen molar-refractivity contribution in [3.63, 3.8) is 0 Å². The van der Waals surface area contributed by atoms with Gasteiger partial charge < -0.3 is 10.5 Å². The van der Waals surface area contributed by atoms with Crippen molar-refractivity contribution < 1.29 is 9.53 Å². The van der Waals surface area contributed by atoms with Crippen molar-refractivity contribution in [3.05, 3.63) is 53.4 Å². The minimum atomic E-state index is -0.406. The molecular formula is C16H13NO2S. The molecule has 0 unspecified atom stereocenters. The van der Waals surface area contributed by atoms with E-state index in [1.807, 2.05) is 47.8 Å². The van der Waals surface area contributed by atoms with Crippen molar-refractivity contribution in [1.29, 1.82) is 0 Å². The van der Waals surface area contributed by atoms with Gasteiger partial charge in [0, 0.05) is 15.8 Å². The molecule has 0 aliphatic rings. The third-order valence-corrected chi connectivity index (χ3v) is 4.17. The van der Waals surface area contributed by atoms with E-state index in [1.54, 1.807) is 11.3 Å². The fourth-order valence-corrected chi connectivity index (χ4v) is 3.07. The Morgan fingerprint density at radius 2 is 2.00 bits per heavy atom. The molecule has 1 heterocycles. The van der Waals surface area contributed by atoms with Crippen LogP contribution in [-0.2, 0) is 4.74 Å². The van der Waals surface area contributed by atoms with Crippen molar-refractivity contribution in [2.24, 2.45) is 0 Å². The second kappa shape index (κ2) is 4.98. The van der Waals surface area contributed by atoms with Gasteiger partial charge in [-0.3, -0.25) is 0 Å². The van der Waals surface area contributed by atoms with Crippen LogP contribution in [0, 0.1) is 0 Å². The highest BCUT2D eigenvalue weighted by molar-refractivity contribution is 7.13. The molecule has 2 aromatic carbocycles. The number of rotatable bonds is 2. The van der Waals surface area contributed by atoms with Crippen molar-refractivity contribution >= 4 is 33.8 Å². The van der Waals surface area contributed by atoms with Gasteiger partial charge in [-0.15, -0.1) is 11.3 Å². The summed E-state index contributed by atoms with van der Waals surface area (Å²) in [5.74, 6) is -0.406. The normalized spacial score (nSPS) is 10.7.